The van der Waals surface area contributed by atoms with E-state index in [1.807, 2.05) is 12.1 Å². The van der Waals surface area contributed by atoms with Crippen molar-refractivity contribution >= 4 is 27.1 Å². The smallest absolute Gasteiger partial charge is 0.261 e. The fourth-order valence-electron chi connectivity index (χ4n) is 3.58. The monoisotopic (exact) mass is 419 g/mol. The van der Waals surface area contributed by atoms with E-state index in [2.05, 4.69) is 20.0 Å². The van der Waals surface area contributed by atoms with Crippen molar-refractivity contribution in [2.45, 2.75) is 24.2 Å². The summed E-state index contributed by atoms with van der Waals surface area (Å²) in [5.41, 5.74) is 4.03. The van der Waals surface area contributed by atoms with E-state index < -0.39 is 10.0 Å². The van der Waals surface area contributed by atoms with E-state index in [1.165, 1.54) is 12.4 Å². The maximum Gasteiger partial charge on any atom is 0.261 e. The molecule has 0 atom stereocenters. The van der Waals surface area contributed by atoms with Crippen molar-refractivity contribution in [2.75, 3.05) is 4.72 Å². The number of Topliss-reactive ketones (excluding diaryl/α,β-unsaturated/α-hetero) is 1. The molecule has 1 aliphatic rings. The summed E-state index contributed by atoms with van der Waals surface area (Å²) in [6, 6.07) is 15.3. The standard InChI is InChI=1S/C21H17N5O3S/c27-20-3-1-2-14-6-9-17(12-18(14)20)30(28,29)25-16-7-4-15(5-8-16)19-10-11-21-23-22-13-26(21)24-19/h4-13,25H,1-3H2. The Labute approximate surface area is 172 Å². The van der Waals surface area contributed by atoms with Crippen LogP contribution in [0.4, 0.5) is 5.69 Å². The first kappa shape index (κ1) is 18.4. The molecule has 0 radical (unpaired) electrons. The largest absolute Gasteiger partial charge is 0.294 e. The zero-order valence-electron chi connectivity index (χ0n) is 15.8. The molecule has 0 spiro atoms. The van der Waals surface area contributed by atoms with Crippen molar-refractivity contribution in [3.05, 3.63) is 72.1 Å². The average Bonchev–Trinajstić information content (AvgIpc) is 3.22. The maximum atomic E-state index is 12.8. The third kappa shape index (κ3) is 3.33. The van der Waals surface area contributed by atoms with Gasteiger partial charge in [0.2, 0.25) is 0 Å². The topological polar surface area (TPSA) is 106 Å². The normalized spacial score (nSPS) is 13.9. The lowest BCUT2D eigenvalue weighted by atomic mass is 9.91. The molecule has 0 bridgehead atoms. The predicted molar refractivity (Wildman–Crippen MR) is 111 cm³/mol. The molecule has 1 N–H and O–H groups in total. The molecule has 8 nitrogen and oxygen atoms in total. The summed E-state index contributed by atoms with van der Waals surface area (Å²) in [7, 11) is -3.81. The Bertz CT molecular complexity index is 1380. The molecule has 0 fully saturated rings. The number of fused-ring (bicyclic) bond motifs is 2. The number of benzene rings is 2. The van der Waals surface area contributed by atoms with Gasteiger partial charge >= 0.3 is 0 Å². The minimum atomic E-state index is -3.81. The molecular weight excluding hydrogens is 402 g/mol. The molecular formula is C21H17N5O3S. The van der Waals surface area contributed by atoms with Gasteiger partial charge in [-0.05, 0) is 54.8 Å². The number of hydrogen-bond donors (Lipinski definition) is 1. The van der Waals surface area contributed by atoms with Gasteiger partial charge in [-0.3, -0.25) is 9.52 Å². The van der Waals surface area contributed by atoms with E-state index in [1.54, 1.807) is 40.9 Å². The molecule has 0 saturated heterocycles. The molecule has 0 unspecified atom stereocenters. The highest BCUT2D eigenvalue weighted by Gasteiger charge is 2.21. The Morgan fingerprint density at radius 2 is 1.80 bits per heavy atom. The van der Waals surface area contributed by atoms with Gasteiger partial charge in [-0.2, -0.15) is 9.61 Å². The minimum absolute atomic E-state index is 0.00443. The number of aromatic nitrogens is 4. The number of carbonyl (C=O) groups is 1. The van der Waals surface area contributed by atoms with Gasteiger partial charge in [0, 0.05) is 23.2 Å². The Kier molecular flexibility index (Phi) is 4.32. The van der Waals surface area contributed by atoms with Crippen LogP contribution in [0.1, 0.15) is 28.8 Å². The Hall–Kier alpha value is -3.59. The first-order valence-corrected chi connectivity index (χ1v) is 10.9. The van der Waals surface area contributed by atoms with E-state index in [9.17, 15) is 13.2 Å². The summed E-state index contributed by atoms with van der Waals surface area (Å²) in [6.45, 7) is 0. The van der Waals surface area contributed by atoms with Crippen LogP contribution < -0.4 is 4.72 Å². The van der Waals surface area contributed by atoms with Crippen LogP contribution in [0.15, 0.2) is 65.8 Å². The van der Waals surface area contributed by atoms with Crippen molar-refractivity contribution in [2.24, 2.45) is 0 Å². The molecule has 0 aliphatic heterocycles. The van der Waals surface area contributed by atoms with Crippen LogP contribution in [-0.2, 0) is 16.4 Å². The fourth-order valence-corrected chi connectivity index (χ4v) is 4.66. The highest BCUT2D eigenvalue weighted by atomic mass is 32.2. The second-order valence-electron chi connectivity index (χ2n) is 7.13. The van der Waals surface area contributed by atoms with Crippen LogP contribution >= 0.6 is 0 Å². The summed E-state index contributed by atoms with van der Waals surface area (Å²) < 4.78 is 29.8. The molecule has 2 heterocycles. The SMILES string of the molecule is O=C1CCCc2ccc(S(=O)(=O)Nc3ccc(-c4ccc5nncn5n4)cc3)cc21. The lowest BCUT2D eigenvalue weighted by molar-refractivity contribution is 0.0972. The second kappa shape index (κ2) is 7.03. The fraction of sp³-hybridized carbons (Fsp3) is 0.143. The summed E-state index contributed by atoms with van der Waals surface area (Å²) in [6.07, 6.45) is 3.58. The van der Waals surface area contributed by atoms with E-state index in [0.717, 1.165) is 24.0 Å². The average molecular weight is 419 g/mol. The number of sulfonamides is 1. The molecule has 150 valence electrons. The van der Waals surface area contributed by atoms with Crippen molar-refractivity contribution in [3.63, 3.8) is 0 Å². The Morgan fingerprint density at radius 1 is 0.967 bits per heavy atom. The number of nitrogens with zero attached hydrogens (tertiary/aromatic N) is 4. The molecule has 4 aromatic rings. The first-order chi connectivity index (χ1) is 14.5. The van der Waals surface area contributed by atoms with Crippen molar-refractivity contribution in [1.82, 2.24) is 19.8 Å². The van der Waals surface area contributed by atoms with Gasteiger partial charge in [-0.15, -0.1) is 10.2 Å². The van der Waals surface area contributed by atoms with Gasteiger partial charge in [-0.25, -0.2) is 8.42 Å². The van der Waals surface area contributed by atoms with Crippen LogP contribution in [0.2, 0.25) is 0 Å². The number of hydrogen-bond acceptors (Lipinski definition) is 6. The van der Waals surface area contributed by atoms with Crippen molar-refractivity contribution in [3.8, 4) is 11.3 Å². The summed E-state index contributed by atoms with van der Waals surface area (Å²) in [5.74, 6) is -0.00443. The Balaban J connectivity index is 1.40. The molecule has 0 amide bonds. The van der Waals surface area contributed by atoms with Gasteiger partial charge in [-0.1, -0.05) is 18.2 Å². The van der Waals surface area contributed by atoms with Gasteiger partial charge < -0.3 is 0 Å². The van der Waals surface area contributed by atoms with Gasteiger partial charge in [0.05, 0.1) is 10.6 Å². The van der Waals surface area contributed by atoms with Gasteiger partial charge in [0.25, 0.3) is 10.0 Å². The molecule has 1 aliphatic carbocycles. The number of ketones is 1. The quantitative estimate of drug-likeness (QED) is 0.545. The third-order valence-corrected chi connectivity index (χ3v) is 6.52. The van der Waals surface area contributed by atoms with Crippen LogP contribution in [0.3, 0.4) is 0 Å². The second-order valence-corrected chi connectivity index (χ2v) is 8.81. The molecule has 2 aromatic heterocycles. The van der Waals surface area contributed by atoms with E-state index in [-0.39, 0.29) is 10.7 Å². The maximum absolute atomic E-state index is 12.8. The van der Waals surface area contributed by atoms with Crippen LogP contribution in [0.5, 0.6) is 0 Å². The molecule has 5 rings (SSSR count). The van der Waals surface area contributed by atoms with Crippen molar-refractivity contribution in [1.29, 1.82) is 0 Å². The molecule has 0 saturated carbocycles. The molecule has 30 heavy (non-hydrogen) atoms. The highest BCUT2D eigenvalue weighted by molar-refractivity contribution is 7.92. The minimum Gasteiger partial charge on any atom is -0.294 e. The van der Waals surface area contributed by atoms with Crippen LogP contribution in [-0.4, -0.2) is 34.0 Å². The molecule has 2 aromatic carbocycles. The van der Waals surface area contributed by atoms with E-state index >= 15 is 0 Å². The number of rotatable bonds is 4. The van der Waals surface area contributed by atoms with Crippen LogP contribution in [0, 0.1) is 0 Å². The van der Waals surface area contributed by atoms with Crippen LogP contribution in [0.25, 0.3) is 16.9 Å². The highest BCUT2D eigenvalue weighted by Crippen LogP contribution is 2.26. The number of nitrogens with one attached hydrogen (secondary N) is 1. The number of aryl methyl sites for hydroxylation is 1. The van der Waals surface area contributed by atoms with E-state index in [4.69, 9.17) is 0 Å². The van der Waals surface area contributed by atoms with E-state index in [0.29, 0.717) is 29.0 Å². The summed E-state index contributed by atoms with van der Waals surface area (Å²) >= 11 is 0. The predicted octanol–water partition coefficient (Wildman–Crippen LogP) is 3.11. The Morgan fingerprint density at radius 3 is 2.63 bits per heavy atom. The summed E-state index contributed by atoms with van der Waals surface area (Å²) in [4.78, 5) is 12.2. The number of carbonyl (C=O) groups excluding carboxylic acids is 1. The molecule has 9 heteroatoms. The number of anilines is 1. The summed E-state index contributed by atoms with van der Waals surface area (Å²) in [5, 5.41) is 12.2. The third-order valence-electron chi connectivity index (χ3n) is 5.14. The lowest BCUT2D eigenvalue weighted by Gasteiger charge is -2.16. The lowest BCUT2D eigenvalue weighted by Crippen LogP contribution is -2.16. The zero-order valence-corrected chi connectivity index (χ0v) is 16.6. The first-order valence-electron chi connectivity index (χ1n) is 9.46. The van der Waals surface area contributed by atoms with Gasteiger partial charge in [0.15, 0.2) is 11.4 Å². The van der Waals surface area contributed by atoms with Gasteiger partial charge in [0.1, 0.15) is 6.33 Å². The van der Waals surface area contributed by atoms with Crippen molar-refractivity contribution < 1.29 is 13.2 Å². The zero-order chi connectivity index (χ0) is 20.7.